The quantitative estimate of drug-likeness (QED) is 0.503. The Kier molecular flexibility index (Phi) is 5.16. The third-order valence-electron chi connectivity index (χ3n) is 4.49. The van der Waals surface area contributed by atoms with Crippen molar-refractivity contribution in [1.82, 2.24) is 20.0 Å². The van der Waals surface area contributed by atoms with Crippen LogP contribution in [0.4, 0.5) is 5.69 Å². The van der Waals surface area contributed by atoms with E-state index in [1.54, 1.807) is 49.4 Å². The second-order valence-corrected chi connectivity index (χ2v) is 6.94. The number of carbonyl (C=O) groups is 2. The highest BCUT2D eigenvalue weighted by atomic mass is 35.5. The van der Waals surface area contributed by atoms with E-state index >= 15 is 0 Å². The molecule has 0 atom stereocenters. The molecule has 8 nitrogen and oxygen atoms in total. The Morgan fingerprint density at radius 2 is 1.87 bits per heavy atom. The number of halogens is 1. The van der Waals surface area contributed by atoms with E-state index in [-0.39, 0.29) is 11.6 Å². The van der Waals surface area contributed by atoms with Crippen molar-refractivity contribution in [2.75, 3.05) is 12.4 Å². The van der Waals surface area contributed by atoms with E-state index in [1.807, 2.05) is 6.07 Å². The van der Waals surface area contributed by atoms with Gasteiger partial charge in [0.1, 0.15) is 0 Å². The lowest BCUT2D eigenvalue weighted by Crippen LogP contribution is -2.14. The van der Waals surface area contributed by atoms with Gasteiger partial charge in [-0.15, -0.1) is 5.10 Å². The minimum absolute atomic E-state index is 0.106. The fourth-order valence-electron chi connectivity index (χ4n) is 2.96. The maximum absolute atomic E-state index is 12.8. The van der Waals surface area contributed by atoms with Gasteiger partial charge in [0.15, 0.2) is 5.69 Å². The van der Waals surface area contributed by atoms with Crippen molar-refractivity contribution in [3.63, 3.8) is 0 Å². The van der Waals surface area contributed by atoms with E-state index < -0.39 is 5.97 Å². The summed E-state index contributed by atoms with van der Waals surface area (Å²) in [6.07, 6.45) is 1.47. The summed E-state index contributed by atoms with van der Waals surface area (Å²) in [6.45, 7) is 1.79. The third-order valence-corrected chi connectivity index (χ3v) is 4.72. The second-order valence-electron chi connectivity index (χ2n) is 6.50. The Hall–Kier alpha value is -3.78. The summed E-state index contributed by atoms with van der Waals surface area (Å²) >= 11 is 6.05. The molecule has 1 amide bonds. The fraction of sp³-hybridized carbons (Fsp3) is 0.0952. The van der Waals surface area contributed by atoms with Crippen molar-refractivity contribution in [2.45, 2.75) is 6.92 Å². The van der Waals surface area contributed by atoms with Crippen molar-refractivity contribution < 1.29 is 14.3 Å². The fourth-order valence-corrected chi connectivity index (χ4v) is 3.14. The molecule has 2 heterocycles. The number of fused-ring (bicyclic) bond motifs is 1. The molecule has 30 heavy (non-hydrogen) atoms. The molecule has 2 aromatic carbocycles. The molecule has 0 unspecified atom stereocenters. The molecular weight excluding hydrogens is 406 g/mol. The molecule has 0 fully saturated rings. The maximum atomic E-state index is 12.8. The Morgan fingerprint density at radius 3 is 2.60 bits per heavy atom. The first kappa shape index (κ1) is 19.5. The van der Waals surface area contributed by atoms with Gasteiger partial charge in [-0.05, 0) is 55.5 Å². The Morgan fingerprint density at radius 1 is 1.10 bits per heavy atom. The van der Waals surface area contributed by atoms with E-state index in [4.69, 9.17) is 11.6 Å². The summed E-state index contributed by atoms with van der Waals surface area (Å²) in [5, 5.41) is 11.9. The number of nitrogens with one attached hydrogen (secondary N) is 1. The highest BCUT2D eigenvalue weighted by Crippen LogP contribution is 2.22. The summed E-state index contributed by atoms with van der Waals surface area (Å²) < 4.78 is 6.06. The molecule has 2 aromatic heterocycles. The number of amides is 1. The number of ether oxygens (including phenoxy) is 1. The molecule has 0 aliphatic carbocycles. The molecular formula is C21H16ClN5O3. The normalized spacial score (nSPS) is 10.8. The predicted octanol–water partition coefficient (Wildman–Crippen LogP) is 3.82. The lowest BCUT2D eigenvalue weighted by molar-refractivity contribution is 0.0593. The van der Waals surface area contributed by atoms with Crippen LogP contribution in [0.5, 0.6) is 0 Å². The molecule has 0 aliphatic heterocycles. The minimum Gasteiger partial charge on any atom is -0.464 e. The van der Waals surface area contributed by atoms with Crippen molar-refractivity contribution in [1.29, 1.82) is 0 Å². The smallest absolute Gasteiger partial charge is 0.360 e. The highest BCUT2D eigenvalue weighted by molar-refractivity contribution is 6.31. The van der Waals surface area contributed by atoms with Crippen molar-refractivity contribution >= 4 is 40.1 Å². The summed E-state index contributed by atoms with van der Waals surface area (Å²) in [6, 6.07) is 14.1. The van der Waals surface area contributed by atoms with Crippen LogP contribution in [-0.4, -0.2) is 39.0 Å². The summed E-state index contributed by atoms with van der Waals surface area (Å²) in [4.78, 5) is 28.7. The number of nitrogens with zero attached hydrogens (tertiary/aromatic N) is 4. The molecule has 1 N–H and O–H groups in total. The van der Waals surface area contributed by atoms with Gasteiger partial charge in [0.25, 0.3) is 5.91 Å². The van der Waals surface area contributed by atoms with Crippen LogP contribution in [0.2, 0.25) is 5.02 Å². The van der Waals surface area contributed by atoms with E-state index in [2.05, 4.69) is 25.3 Å². The number of esters is 1. The third kappa shape index (κ3) is 3.85. The number of methoxy groups -OCH3 is 1. The summed E-state index contributed by atoms with van der Waals surface area (Å²) in [5.41, 5.74) is 3.24. The zero-order valence-corrected chi connectivity index (χ0v) is 16.8. The number of hydrogen-bond donors (Lipinski definition) is 1. The van der Waals surface area contributed by atoms with Crippen LogP contribution in [0.25, 0.3) is 16.6 Å². The monoisotopic (exact) mass is 421 g/mol. The SMILES string of the molecule is COC(=O)c1cn(-c2ccc(NC(=O)c3cc4cc(Cl)ccc4nc3C)cc2)nn1. The zero-order valence-electron chi connectivity index (χ0n) is 16.1. The molecule has 0 radical (unpaired) electrons. The maximum Gasteiger partial charge on any atom is 0.360 e. The van der Waals surface area contributed by atoms with Crippen LogP contribution in [0.3, 0.4) is 0 Å². The first-order valence-corrected chi connectivity index (χ1v) is 9.32. The van der Waals surface area contributed by atoms with E-state index in [9.17, 15) is 9.59 Å². The molecule has 4 rings (SSSR count). The van der Waals surface area contributed by atoms with Gasteiger partial charge in [-0.1, -0.05) is 16.8 Å². The largest absolute Gasteiger partial charge is 0.464 e. The molecule has 4 aromatic rings. The number of hydrogen-bond acceptors (Lipinski definition) is 6. The predicted molar refractivity (Wildman–Crippen MR) is 112 cm³/mol. The summed E-state index contributed by atoms with van der Waals surface area (Å²) in [7, 11) is 1.28. The average molecular weight is 422 g/mol. The van der Waals surface area contributed by atoms with Gasteiger partial charge < -0.3 is 10.1 Å². The van der Waals surface area contributed by atoms with E-state index in [0.717, 1.165) is 10.9 Å². The van der Waals surface area contributed by atoms with Crippen LogP contribution >= 0.6 is 11.6 Å². The number of benzene rings is 2. The van der Waals surface area contributed by atoms with E-state index in [0.29, 0.717) is 27.7 Å². The van der Waals surface area contributed by atoms with Crippen LogP contribution in [0, 0.1) is 6.92 Å². The Balaban J connectivity index is 1.54. The Bertz CT molecular complexity index is 1270. The van der Waals surface area contributed by atoms with Crippen LogP contribution < -0.4 is 5.32 Å². The van der Waals surface area contributed by atoms with E-state index in [1.165, 1.54) is 18.0 Å². The van der Waals surface area contributed by atoms with Crippen molar-refractivity contribution in [3.8, 4) is 5.69 Å². The zero-order chi connectivity index (χ0) is 21.3. The van der Waals surface area contributed by atoms with Gasteiger partial charge in [0, 0.05) is 16.1 Å². The van der Waals surface area contributed by atoms with Crippen LogP contribution in [0.1, 0.15) is 26.5 Å². The number of carbonyl (C=O) groups excluding carboxylic acids is 2. The van der Waals surface area contributed by atoms with Crippen molar-refractivity contribution in [3.05, 3.63) is 76.7 Å². The highest BCUT2D eigenvalue weighted by Gasteiger charge is 2.14. The average Bonchev–Trinajstić information content (AvgIpc) is 3.23. The number of rotatable bonds is 4. The molecule has 150 valence electrons. The first-order chi connectivity index (χ1) is 14.4. The van der Waals surface area contributed by atoms with Gasteiger partial charge >= 0.3 is 5.97 Å². The number of aromatic nitrogens is 4. The van der Waals surface area contributed by atoms with Crippen molar-refractivity contribution in [2.24, 2.45) is 0 Å². The van der Waals surface area contributed by atoms with Crippen LogP contribution in [-0.2, 0) is 4.74 Å². The second kappa shape index (κ2) is 7.92. The Labute approximate surface area is 176 Å². The lowest BCUT2D eigenvalue weighted by Gasteiger charge is -2.10. The van der Waals surface area contributed by atoms with Crippen LogP contribution in [0.15, 0.2) is 54.7 Å². The molecule has 9 heteroatoms. The van der Waals surface area contributed by atoms with Gasteiger partial charge in [-0.3, -0.25) is 9.78 Å². The summed E-state index contributed by atoms with van der Waals surface area (Å²) in [5.74, 6) is -0.839. The van der Waals surface area contributed by atoms with Gasteiger partial charge in [0.2, 0.25) is 0 Å². The minimum atomic E-state index is -0.564. The molecule has 0 saturated heterocycles. The first-order valence-electron chi connectivity index (χ1n) is 8.94. The van der Waals surface area contributed by atoms with Gasteiger partial charge in [0.05, 0.1) is 35.8 Å². The molecule has 0 bridgehead atoms. The van der Waals surface area contributed by atoms with Gasteiger partial charge in [-0.25, -0.2) is 9.48 Å². The molecule has 0 spiro atoms. The van der Waals surface area contributed by atoms with Gasteiger partial charge in [-0.2, -0.15) is 0 Å². The standard InChI is InChI=1S/C21H16ClN5O3/c1-12-17(10-13-9-14(22)3-8-18(13)23-12)20(28)24-15-4-6-16(7-5-15)27-11-19(25-26-27)21(29)30-2/h3-11H,1-2H3,(H,24,28). The molecule has 0 saturated carbocycles. The topological polar surface area (TPSA) is 99.0 Å². The lowest BCUT2D eigenvalue weighted by atomic mass is 10.1. The number of pyridine rings is 1. The molecule has 0 aliphatic rings. The number of aryl methyl sites for hydroxylation is 1. The number of anilines is 1.